The molecule has 2 N–H and O–H groups in total. The molecule has 0 spiro atoms. The lowest BCUT2D eigenvalue weighted by atomic mass is 9.83. The second-order valence-electron chi connectivity index (χ2n) is 5.17. The number of nitrogens with zero attached hydrogens (tertiary/aromatic N) is 1. The Balaban J connectivity index is 1.87. The van der Waals surface area contributed by atoms with Gasteiger partial charge in [0, 0.05) is 30.9 Å². The molecular weight excluding hydrogens is 198 g/mol. The van der Waals surface area contributed by atoms with E-state index in [0.717, 1.165) is 5.92 Å². The van der Waals surface area contributed by atoms with Crippen LogP contribution in [0.1, 0.15) is 30.1 Å². The van der Waals surface area contributed by atoms with Gasteiger partial charge >= 0.3 is 0 Å². The summed E-state index contributed by atoms with van der Waals surface area (Å²) in [4.78, 5) is 5.95. The summed E-state index contributed by atoms with van der Waals surface area (Å²) in [5, 5.41) is 3.46. The van der Waals surface area contributed by atoms with Crippen LogP contribution in [0, 0.1) is 5.92 Å². The molecule has 0 radical (unpaired) electrons. The van der Waals surface area contributed by atoms with E-state index in [2.05, 4.69) is 34.5 Å². The van der Waals surface area contributed by atoms with Gasteiger partial charge in [-0.2, -0.15) is 0 Å². The summed E-state index contributed by atoms with van der Waals surface area (Å²) in [6.07, 6.45) is 5.93. The van der Waals surface area contributed by atoms with Crippen LogP contribution in [0.2, 0.25) is 0 Å². The SMILES string of the molecule is CN1CCc2[nH]ccc2C1C1CCNCC1. The van der Waals surface area contributed by atoms with Gasteiger partial charge < -0.3 is 10.3 Å². The van der Waals surface area contributed by atoms with Crippen LogP contribution in [0.25, 0.3) is 0 Å². The first kappa shape index (κ1) is 10.4. The van der Waals surface area contributed by atoms with Crippen LogP contribution in [0.3, 0.4) is 0 Å². The monoisotopic (exact) mass is 219 g/mol. The van der Waals surface area contributed by atoms with Crippen molar-refractivity contribution in [2.24, 2.45) is 5.92 Å². The summed E-state index contributed by atoms with van der Waals surface area (Å²) >= 11 is 0. The van der Waals surface area contributed by atoms with Crippen molar-refractivity contribution in [3.63, 3.8) is 0 Å². The normalized spacial score (nSPS) is 27.9. The van der Waals surface area contributed by atoms with Crippen LogP contribution in [-0.2, 0) is 6.42 Å². The van der Waals surface area contributed by atoms with Gasteiger partial charge in [-0.3, -0.25) is 4.90 Å². The average molecular weight is 219 g/mol. The number of hydrogen-bond acceptors (Lipinski definition) is 2. The summed E-state index contributed by atoms with van der Waals surface area (Å²) in [6, 6.07) is 2.94. The van der Waals surface area contributed by atoms with Crippen molar-refractivity contribution in [2.45, 2.75) is 25.3 Å². The zero-order chi connectivity index (χ0) is 11.0. The molecule has 0 bridgehead atoms. The van der Waals surface area contributed by atoms with Crippen molar-refractivity contribution >= 4 is 0 Å². The molecule has 0 aromatic carbocycles. The van der Waals surface area contributed by atoms with Gasteiger partial charge in [-0.25, -0.2) is 0 Å². The molecule has 88 valence electrons. The predicted octanol–water partition coefficient (Wildman–Crippen LogP) is 1.54. The van der Waals surface area contributed by atoms with Crippen molar-refractivity contribution < 1.29 is 0 Å². The van der Waals surface area contributed by atoms with Crippen molar-refractivity contribution in [2.75, 3.05) is 26.7 Å². The van der Waals surface area contributed by atoms with Crippen molar-refractivity contribution in [3.8, 4) is 0 Å². The molecule has 16 heavy (non-hydrogen) atoms. The second kappa shape index (κ2) is 4.22. The Bertz CT molecular complexity index is 352. The maximum absolute atomic E-state index is 3.46. The summed E-state index contributed by atoms with van der Waals surface area (Å²) in [6.45, 7) is 3.58. The van der Waals surface area contributed by atoms with Gasteiger partial charge in [-0.05, 0) is 50.5 Å². The molecule has 1 fully saturated rings. The number of aromatic nitrogens is 1. The third-order valence-corrected chi connectivity index (χ3v) is 4.21. The number of aromatic amines is 1. The standard InChI is InChI=1S/C13H21N3/c1-16-9-5-12-11(4-8-15-12)13(16)10-2-6-14-7-3-10/h4,8,10,13-15H,2-3,5-7,9H2,1H3. The Kier molecular flexibility index (Phi) is 2.74. The number of nitrogens with one attached hydrogen (secondary N) is 2. The maximum atomic E-state index is 3.46. The van der Waals surface area contributed by atoms with E-state index in [0.29, 0.717) is 6.04 Å². The van der Waals surface area contributed by atoms with Crippen LogP contribution < -0.4 is 5.32 Å². The Morgan fingerprint density at radius 3 is 2.94 bits per heavy atom. The molecule has 3 rings (SSSR count). The average Bonchev–Trinajstić information content (AvgIpc) is 2.78. The summed E-state index contributed by atoms with van der Waals surface area (Å²) < 4.78 is 0. The highest BCUT2D eigenvalue weighted by Crippen LogP contribution is 2.37. The summed E-state index contributed by atoms with van der Waals surface area (Å²) in [7, 11) is 2.28. The fourth-order valence-electron chi connectivity index (χ4n) is 3.35. The molecule has 2 aliphatic heterocycles. The largest absolute Gasteiger partial charge is 0.365 e. The molecule has 3 heteroatoms. The highest BCUT2D eigenvalue weighted by Gasteiger charge is 2.32. The van der Waals surface area contributed by atoms with Crippen molar-refractivity contribution in [1.29, 1.82) is 0 Å². The fourth-order valence-corrected chi connectivity index (χ4v) is 3.35. The first-order valence-electron chi connectivity index (χ1n) is 6.43. The second-order valence-corrected chi connectivity index (χ2v) is 5.17. The van der Waals surface area contributed by atoms with E-state index in [9.17, 15) is 0 Å². The molecule has 1 aromatic rings. The van der Waals surface area contributed by atoms with Gasteiger partial charge in [0.2, 0.25) is 0 Å². The summed E-state index contributed by atoms with van der Waals surface area (Å²) in [5.41, 5.74) is 3.03. The van der Waals surface area contributed by atoms with E-state index in [-0.39, 0.29) is 0 Å². The lowest BCUT2D eigenvalue weighted by molar-refractivity contribution is 0.139. The number of piperidine rings is 1. The molecule has 1 unspecified atom stereocenters. The van der Waals surface area contributed by atoms with E-state index >= 15 is 0 Å². The molecule has 1 saturated heterocycles. The van der Waals surface area contributed by atoms with Gasteiger partial charge in [0.1, 0.15) is 0 Å². The first-order chi connectivity index (χ1) is 7.86. The Labute approximate surface area is 97.2 Å². The third kappa shape index (κ3) is 1.68. The molecule has 0 saturated carbocycles. The minimum atomic E-state index is 0.650. The predicted molar refractivity (Wildman–Crippen MR) is 65.5 cm³/mol. The van der Waals surface area contributed by atoms with Crippen molar-refractivity contribution in [3.05, 3.63) is 23.5 Å². The van der Waals surface area contributed by atoms with E-state index in [1.807, 2.05) is 0 Å². The van der Waals surface area contributed by atoms with Gasteiger partial charge in [-0.15, -0.1) is 0 Å². The van der Waals surface area contributed by atoms with E-state index in [4.69, 9.17) is 0 Å². The number of hydrogen-bond donors (Lipinski definition) is 2. The zero-order valence-corrected chi connectivity index (χ0v) is 10.00. The fraction of sp³-hybridized carbons (Fsp3) is 0.692. The smallest absolute Gasteiger partial charge is 0.0392 e. The van der Waals surface area contributed by atoms with Gasteiger partial charge in [-0.1, -0.05) is 0 Å². The van der Waals surface area contributed by atoms with Crippen LogP contribution in [-0.4, -0.2) is 36.6 Å². The minimum Gasteiger partial charge on any atom is -0.365 e. The van der Waals surface area contributed by atoms with Crippen LogP contribution in [0.15, 0.2) is 12.3 Å². The Morgan fingerprint density at radius 1 is 1.31 bits per heavy atom. The highest BCUT2D eigenvalue weighted by molar-refractivity contribution is 5.28. The molecule has 1 aromatic heterocycles. The number of H-pyrrole nitrogens is 1. The molecule has 0 amide bonds. The lowest BCUT2D eigenvalue weighted by Gasteiger charge is -2.40. The molecule has 3 heterocycles. The number of rotatable bonds is 1. The molecule has 2 aliphatic rings. The zero-order valence-electron chi connectivity index (χ0n) is 10.00. The van der Waals surface area contributed by atoms with Crippen LogP contribution in [0.5, 0.6) is 0 Å². The Morgan fingerprint density at radius 2 is 2.12 bits per heavy atom. The van der Waals surface area contributed by atoms with Crippen LogP contribution >= 0.6 is 0 Å². The topological polar surface area (TPSA) is 31.1 Å². The van der Waals surface area contributed by atoms with Crippen molar-refractivity contribution in [1.82, 2.24) is 15.2 Å². The van der Waals surface area contributed by atoms with E-state index in [1.54, 1.807) is 5.56 Å². The molecule has 1 atom stereocenters. The quantitative estimate of drug-likeness (QED) is 0.751. The van der Waals surface area contributed by atoms with Gasteiger partial charge in [0.25, 0.3) is 0 Å². The molecule has 0 aliphatic carbocycles. The Hall–Kier alpha value is -0.800. The maximum Gasteiger partial charge on any atom is 0.0392 e. The molecular formula is C13H21N3. The molecule has 3 nitrogen and oxygen atoms in total. The third-order valence-electron chi connectivity index (χ3n) is 4.21. The number of fused-ring (bicyclic) bond motifs is 1. The highest BCUT2D eigenvalue weighted by atomic mass is 15.1. The van der Waals surface area contributed by atoms with E-state index in [1.165, 1.54) is 44.6 Å². The summed E-state index contributed by atoms with van der Waals surface area (Å²) in [5.74, 6) is 0.834. The van der Waals surface area contributed by atoms with E-state index < -0.39 is 0 Å². The van der Waals surface area contributed by atoms with Gasteiger partial charge in [0.05, 0.1) is 0 Å². The first-order valence-corrected chi connectivity index (χ1v) is 6.43. The minimum absolute atomic E-state index is 0.650. The van der Waals surface area contributed by atoms with Crippen LogP contribution in [0.4, 0.5) is 0 Å². The lowest BCUT2D eigenvalue weighted by Crippen LogP contribution is -2.40. The van der Waals surface area contributed by atoms with Gasteiger partial charge in [0.15, 0.2) is 0 Å². The number of likely N-dealkylation sites (N-methyl/N-ethyl adjacent to an activating group) is 1.